The lowest BCUT2D eigenvalue weighted by Gasteiger charge is -2.38. The van der Waals surface area contributed by atoms with Crippen LogP contribution < -0.4 is 5.32 Å². The third-order valence-corrected chi connectivity index (χ3v) is 3.91. The first-order chi connectivity index (χ1) is 8.00. The van der Waals surface area contributed by atoms with Crippen LogP contribution in [0.4, 0.5) is 11.4 Å². The molecule has 1 saturated carbocycles. The van der Waals surface area contributed by atoms with Crippen LogP contribution in [-0.4, -0.2) is 11.5 Å². The lowest BCUT2D eigenvalue weighted by molar-refractivity contribution is -0.384. The first-order valence-corrected chi connectivity index (χ1v) is 6.47. The summed E-state index contributed by atoms with van der Waals surface area (Å²) < 4.78 is 0.851. The average Bonchev–Trinajstić information content (AvgIpc) is 2.23. The molecule has 0 bridgehead atoms. The van der Waals surface area contributed by atoms with E-state index in [2.05, 4.69) is 28.2 Å². The summed E-state index contributed by atoms with van der Waals surface area (Å²) in [7, 11) is 0. The van der Waals surface area contributed by atoms with E-state index in [9.17, 15) is 10.1 Å². The van der Waals surface area contributed by atoms with Crippen LogP contribution in [0, 0.1) is 15.5 Å². The maximum atomic E-state index is 10.9. The maximum absolute atomic E-state index is 10.9. The fraction of sp³-hybridized carbons (Fsp3) is 0.500. The molecule has 0 radical (unpaired) electrons. The van der Waals surface area contributed by atoms with Crippen molar-refractivity contribution in [3.05, 3.63) is 32.8 Å². The normalized spacial score (nSPS) is 17.3. The molecule has 5 heteroatoms. The molecule has 17 heavy (non-hydrogen) atoms. The van der Waals surface area contributed by atoms with Gasteiger partial charge in [0.25, 0.3) is 5.69 Å². The minimum Gasteiger partial charge on any atom is -0.379 e. The van der Waals surface area contributed by atoms with Crippen molar-refractivity contribution >= 4 is 27.3 Å². The zero-order valence-corrected chi connectivity index (χ0v) is 11.3. The van der Waals surface area contributed by atoms with Gasteiger partial charge in [0.15, 0.2) is 0 Å². The molecule has 0 heterocycles. The summed E-state index contributed by atoms with van der Waals surface area (Å²) in [6, 6.07) is 4.98. The minimum atomic E-state index is -0.349. The maximum Gasteiger partial charge on any atom is 0.292 e. The predicted molar refractivity (Wildman–Crippen MR) is 71.2 cm³/mol. The van der Waals surface area contributed by atoms with Crippen LogP contribution in [0.2, 0.25) is 0 Å². The highest BCUT2D eigenvalue weighted by Gasteiger charge is 2.31. The van der Waals surface area contributed by atoms with Crippen LogP contribution >= 0.6 is 15.9 Å². The summed E-state index contributed by atoms with van der Waals surface area (Å²) in [5.74, 6) is 0. The van der Waals surface area contributed by atoms with Crippen LogP contribution in [0.1, 0.15) is 26.2 Å². The molecule has 4 nitrogen and oxygen atoms in total. The van der Waals surface area contributed by atoms with E-state index in [0.717, 1.165) is 11.0 Å². The van der Waals surface area contributed by atoms with Gasteiger partial charge in [-0.25, -0.2) is 0 Å². The van der Waals surface area contributed by atoms with Crippen LogP contribution in [0.25, 0.3) is 0 Å². The summed E-state index contributed by atoms with van der Waals surface area (Å²) in [5, 5.41) is 14.1. The number of nitro benzene ring substituents is 1. The Bertz CT molecular complexity index is 444. The van der Waals surface area contributed by atoms with Crippen molar-refractivity contribution < 1.29 is 4.92 Å². The van der Waals surface area contributed by atoms with Gasteiger partial charge in [-0.1, -0.05) is 29.3 Å². The summed E-state index contributed by atoms with van der Waals surface area (Å²) in [5.41, 5.74) is 1.03. The number of anilines is 1. The third-order valence-electron chi connectivity index (χ3n) is 3.42. The largest absolute Gasteiger partial charge is 0.379 e. The lowest BCUT2D eigenvalue weighted by atomic mass is 9.70. The standard InChI is InChI=1S/C12H15BrN2O2/c1-12(5-2-6-12)8-14-10-7-9(13)3-4-11(10)15(16)17/h3-4,7,14H,2,5-6,8H2,1H3. The van der Waals surface area contributed by atoms with Gasteiger partial charge in [0.1, 0.15) is 5.69 Å². The summed E-state index contributed by atoms with van der Waals surface area (Å²) in [6.45, 7) is 3.01. The molecule has 0 spiro atoms. The van der Waals surface area contributed by atoms with Crippen molar-refractivity contribution in [3.63, 3.8) is 0 Å². The van der Waals surface area contributed by atoms with Crippen LogP contribution in [-0.2, 0) is 0 Å². The van der Waals surface area contributed by atoms with Gasteiger partial charge in [-0.05, 0) is 30.4 Å². The average molecular weight is 299 g/mol. The molecule has 1 aliphatic rings. The molecule has 0 saturated heterocycles. The van der Waals surface area contributed by atoms with Gasteiger partial charge >= 0.3 is 0 Å². The number of rotatable bonds is 4. The molecule has 0 amide bonds. The molecular weight excluding hydrogens is 284 g/mol. The van der Waals surface area contributed by atoms with Crippen molar-refractivity contribution in [1.82, 2.24) is 0 Å². The second-order valence-corrected chi connectivity index (χ2v) is 5.85. The summed E-state index contributed by atoms with van der Waals surface area (Å²) in [4.78, 5) is 10.5. The second kappa shape index (κ2) is 4.64. The fourth-order valence-corrected chi connectivity index (χ4v) is 2.44. The van der Waals surface area contributed by atoms with Gasteiger partial charge in [-0.2, -0.15) is 0 Å². The number of nitrogens with zero attached hydrogens (tertiary/aromatic N) is 1. The zero-order valence-electron chi connectivity index (χ0n) is 9.70. The molecule has 0 atom stereocenters. The van der Waals surface area contributed by atoms with E-state index in [1.54, 1.807) is 12.1 Å². The van der Waals surface area contributed by atoms with Gasteiger partial charge in [-0.3, -0.25) is 10.1 Å². The van der Waals surface area contributed by atoms with Crippen LogP contribution in [0.5, 0.6) is 0 Å². The van der Waals surface area contributed by atoms with Gasteiger partial charge in [0.05, 0.1) is 4.92 Å². The van der Waals surface area contributed by atoms with E-state index in [-0.39, 0.29) is 10.6 Å². The number of hydrogen-bond donors (Lipinski definition) is 1. The highest BCUT2D eigenvalue weighted by atomic mass is 79.9. The smallest absolute Gasteiger partial charge is 0.292 e. The molecule has 0 unspecified atom stereocenters. The van der Waals surface area contributed by atoms with Crippen molar-refractivity contribution in [1.29, 1.82) is 0 Å². The van der Waals surface area contributed by atoms with E-state index in [4.69, 9.17) is 0 Å². The fourth-order valence-electron chi connectivity index (χ4n) is 2.07. The summed E-state index contributed by atoms with van der Waals surface area (Å²) in [6.07, 6.45) is 3.66. The molecule has 1 aliphatic carbocycles. The molecule has 1 aromatic carbocycles. The van der Waals surface area contributed by atoms with Crippen molar-refractivity contribution in [2.75, 3.05) is 11.9 Å². The van der Waals surface area contributed by atoms with Gasteiger partial charge in [-0.15, -0.1) is 0 Å². The Morgan fingerprint density at radius 1 is 1.53 bits per heavy atom. The molecular formula is C12H15BrN2O2. The van der Waals surface area contributed by atoms with Crippen molar-refractivity contribution in [2.45, 2.75) is 26.2 Å². The molecule has 1 N–H and O–H groups in total. The predicted octanol–water partition coefficient (Wildman–Crippen LogP) is 3.96. The molecule has 0 aromatic heterocycles. The van der Waals surface area contributed by atoms with Crippen LogP contribution in [0.15, 0.2) is 22.7 Å². The third kappa shape index (κ3) is 2.77. The SMILES string of the molecule is CC1(CNc2cc(Br)ccc2[N+](=O)[O-])CCC1. The highest BCUT2D eigenvalue weighted by Crippen LogP contribution is 2.40. The van der Waals surface area contributed by atoms with Crippen LogP contribution in [0.3, 0.4) is 0 Å². The topological polar surface area (TPSA) is 55.2 Å². The van der Waals surface area contributed by atoms with E-state index in [1.807, 2.05) is 0 Å². The molecule has 2 rings (SSSR count). The zero-order chi connectivity index (χ0) is 12.5. The van der Waals surface area contributed by atoms with Gasteiger partial charge in [0.2, 0.25) is 0 Å². The highest BCUT2D eigenvalue weighted by molar-refractivity contribution is 9.10. The van der Waals surface area contributed by atoms with E-state index in [0.29, 0.717) is 11.1 Å². The van der Waals surface area contributed by atoms with Gasteiger partial charge < -0.3 is 5.32 Å². The van der Waals surface area contributed by atoms with Crippen molar-refractivity contribution in [3.8, 4) is 0 Å². The number of nitrogens with one attached hydrogen (secondary N) is 1. The Hall–Kier alpha value is -1.10. The van der Waals surface area contributed by atoms with E-state index in [1.165, 1.54) is 25.3 Å². The lowest BCUT2D eigenvalue weighted by Crippen LogP contribution is -2.33. The molecule has 92 valence electrons. The minimum absolute atomic E-state index is 0.135. The number of hydrogen-bond acceptors (Lipinski definition) is 3. The van der Waals surface area contributed by atoms with E-state index < -0.39 is 0 Å². The summed E-state index contributed by atoms with van der Waals surface area (Å²) >= 11 is 3.33. The number of halogens is 1. The number of benzene rings is 1. The Labute approximate surface area is 109 Å². The van der Waals surface area contributed by atoms with E-state index >= 15 is 0 Å². The Kier molecular flexibility index (Phi) is 3.38. The second-order valence-electron chi connectivity index (χ2n) is 4.94. The van der Waals surface area contributed by atoms with Crippen molar-refractivity contribution in [2.24, 2.45) is 5.41 Å². The first kappa shape index (κ1) is 12.4. The molecule has 1 fully saturated rings. The Morgan fingerprint density at radius 2 is 2.24 bits per heavy atom. The Morgan fingerprint density at radius 3 is 2.76 bits per heavy atom. The molecule has 0 aliphatic heterocycles. The molecule has 1 aromatic rings. The quantitative estimate of drug-likeness (QED) is 0.676. The monoisotopic (exact) mass is 298 g/mol. The Balaban J connectivity index is 2.13. The number of nitro groups is 1. The first-order valence-electron chi connectivity index (χ1n) is 5.68. The van der Waals surface area contributed by atoms with Gasteiger partial charge in [0, 0.05) is 17.1 Å².